The summed E-state index contributed by atoms with van der Waals surface area (Å²) in [6, 6.07) is 13.5. The van der Waals surface area contributed by atoms with E-state index < -0.39 is 0 Å². The first-order valence-electron chi connectivity index (χ1n) is 10.4. The van der Waals surface area contributed by atoms with E-state index in [9.17, 15) is 9.59 Å². The highest BCUT2D eigenvalue weighted by Gasteiger charge is 2.24. The second-order valence-corrected chi connectivity index (χ2v) is 7.81. The summed E-state index contributed by atoms with van der Waals surface area (Å²) in [6.07, 6.45) is 1.46. The van der Waals surface area contributed by atoms with Crippen LogP contribution in [0.25, 0.3) is 0 Å². The number of carbonyl (C=O) groups is 2. The third-order valence-electron chi connectivity index (χ3n) is 5.51. The maximum Gasteiger partial charge on any atom is 0.260 e. The van der Waals surface area contributed by atoms with Crippen LogP contribution in [0.3, 0.4) is 0 Å². The van der Waals surface area contributed by atoms with Crippen molar-refractivity contribution in [2.24, 2.45) is 0 Å². The zero-order chi connectivity index (χ0) is 21.5. The van der Waals surface area contributed by atoms with Crippen molar-refractivity contribution in [1.82, 2.24) is 10.2 Å². The number of nitrogens with one attached hydrogen (secondary N) is 1. The maximum atomic E-state index is 12.4. The molecule has 1 heterocycles. The molecule has 1 aliphatic rings. The van der Waals surface area contributed by atoms with Crippen LogP contribution in [0, 0.1) is 20.8 Å². The van der Waals surface area contributed by atoms with Crippen LogP contribution >= 0.6 is 0 Å². The fraction of sp³-hybridized carbons (Fsp3) is 0.417. The second kappa shape index (κ2) is 10.1. The van der Waals surface area contributed by atoms with Crippen LogP contribution in [-0.2, 0) is 9.59 Å². The zero-order valence-electron chi connectivity index (χ0n) is 17.9. The molecule has 1 aliphatic heterocycles. The summed E-state index contributed by atoms with van der Waals surface area (Å²) >= 11 is 0. The van der Waals surface area contributed by atoms with Crippen LogP contribution < -0.4 is 14.8 Å². The Hall–Kier alpha value is -3.02. The number of nitrogens with zero attached hydrogens (tertiary/aromatic N) is 1. The van der Waals surface area contributed by atoms with Crippen molar-refractivity contribution in [2.45, 2.75) is 39.7 Å². The van der Waals surface area contributed by atoms with Gasteiger partial charge in [0.25, 0.3) is 11.8 Å². The van der Waals surface area contributed by atoms with Crippen LogP contribution in [0.2, 0.25) is 0 Å². The summed E-state index contributed by atoms with van der Waals surface area (Å²) in [5.41, 5.74) is 3.33. The van der Waals surface area contributed by atoms with Crippen molar-refractivity contribution >= 4 is 11.8 Å². The Kier molecular flexibility index (Phi) is 7.33. The molecule has 0 atom stereocenters. The minimum atomic E-state index is -0.136. The quantitative estimate of drug-likeness (QED) is 0.761. The Morgan fingerprint density at radius 2 is 1.67 bits per heavy atom. The van der Waals surface area contributed by atoms with E-state index in [2.05, 4.69) is 5.32 Å². The van der Waals surface area contributed by atoms with Gasteiger partial charge in [-0.05, 0) is 62.9 Å². The fourth-order valence-electron chi connectivity index (χ4n) is 3.44. The lowest BCUT2D eigenvalue weighted by molar-refractivity contribution is -0.134. The Morgan fingerprint density at radius 3 is 2.37 bits per heavy atom. The van der Waals surface area contributed by atoms with Gasteiger partial charge in [0.15, 0.2) is 13.2 Å². The molecule has 0 saturated carbocycles. The summed E-state index contributed by atoms with van der Waals surface area (Å²) in [5, 5.41) is 3.01. The molecule has 0 radical (unpaired) electrons. The van der Waals surface area contributed by atoms with Crippen LogP contribution in [0.15, 0.2) is 42.5 Å². The van der Waals surface area contributed by atoms with Crippen molar-refractivity contribution in [1.29, 1.82) is 0 Å². The molecule has 2 aromatic rings. The third-order valence-corrected chi connectivity index (χ3v) is 5.51. The SMILES string of the molecule is Cc1ccc(OCC(=O)N2CCC(NC(=O)COc3cccc(C)c3C)CC2)cc1. The van der Waals surface area contributed by atoms with Gasteiger partial charge in [-0.15, -0.1) is 0 Å². The number of piperidine rings is 1. The Balaban J connectivity index is 1.37. The van der Waals surface area contributed by atoms with Crippen LogP contribution in [0.4, 0.5) is 0 Å². The first-order chi connectivity index (χ1) is 14.4. The molecule has 3 rings (SSSR count). The molecular formula is C24H30N2O4. The predicted molar refractivity (Wildman–Crippen MR) is 116 cm³/mol. The third kappa shape index (κ3) is 5.99. The number of hydrogen-bond acceptors (Lipinski definition) is 4. The van der Waals surface area contributed by atoms with E-state index in [4.69, 9.17) is 9.47 Å². The standard InChI is InChI=1S/C24H30N2O4/c1-17-7-9-21(10-8-17)29-16-24(28)26-13-11-20(12-14-26)25-23(27)15-30-22-6-4-5-18(2)19(22)3/h4-10,20H,11-16H2,1-3H3,(H,25,27). The largest absolute Gasteiger partial charge is 0.484 e. The van der Waals surface area contributed by atoms with Gasteiger partial charge in [-0.1, -0.05) is 29.8 Å². The summed E-state index contributed by atoms with van der Waals surface area (Å²) < 4.78 is 11.3. The van der Waals surface area contributed by atoms with Gasteiger partial charge in [-0.25, -0.2) is 0 Å². The van der Waals surface area contributed by atoms with E-state index in [0.29, 0.717) is 18.8 Å². The van der Waals surface area contributed by atoms with Crippen molar-refractivity contribution in [3.05, 3.63) is 59.2 Å². The van der Waals surface area contributed by atoms with E-state index in [0.717, 1.165) is 35.3 Å². The van der Waals surface area contributed by atoms with Crippen molar-refractivity contribution < 1.29 is 19.1 Å². The molecule has 0 bridgehead atoms. The van der Waals surface area contributed by atoms with E-state index in [1.165, 1.54) is 0 Å². The Bertz CT molecular complexity index is 871. The average Bonchev–Trinajstić information content (AvgIpc) is 2.74. The molecule has 0 unspecified atom stereocenters. The maximum absolute atomic E-state index is 12.4. The van der Waals surface area contributed by atoms with Gasteiger partial charge >= 0.3 is 0 Å². The van der Waals surface area contributed by atoms with E-state index in [1.807, 2.05) is 63.2 Å². The van der Waals surface area contributed by atoms with Gasteiger partial charge in [-0.3, -0.25) is 9.59 Å². The predicted octanol–water partition coefficient (Wildman–Crippen LogP) is 3.18. The molecular weight excluding hydrogens is 380 g/mol. The van der Waals surface area contributed by atoms with Crippen LogP contribution in [-0.4, -0.2) is 49.1 Å². The number of ether oxygens (including phenoxy) is 2. The molecule has 2 aromatic carbocycles. The molecule has 0 spiro atoms. The van der Waals surface area contributed by atoms with E-state index >= 15 is 0 Å². The lowest BCUT2D eigenvalue weighted by atomic mass is 10.1. The highest BCUT2D eigenvalue weighted by molar-refractivity contribution is 5.79. The summed E-state index contributed by atoms with van der Waals surface area (Å²) in [4.78, 5) is 26.4. The molecule has 0 aromatic heterocycles. The molecule has 1 fully saturated rings. The van der Waals surface area contributed by atoms with Crippen LogP contribution in [0.5, 0.6) is 11.5 Å². The molecule has 1 saturated heterocycles. The number of amides is 2. The minimum Gasteiger partial charge on any atom is -0.484 e. The van der Waals surface area contributed by atoms with Gasteiger partial charge in [0, 0.05) is 19.1 Å². The zero-order valence-corrected chi connectivity index (χ0v) is 17.9. The number of carbonyl (C=O) groups excluding carboxylic acids is 2. The molecule has 0 aliphatic carbocycles. The van der Waals surface area contributed by atoms with Gasteiger partial charge in [-0.2, -0.15) is 0 Å². The van der Waals surface area contributed by atoms with E-state index in [1.54, 1.807) is 4.90 Å². The number of likely N-dealkylation sites (tertiary alicyclic amines) is 1. The minimum absolute atomic E-state index is 0.00612. The molecule has 160 valence electrons. The van der Waals surface area contributed by atoms with Crippen molar-refractivity contribution in [3.63, 3.8) is 0 Å². The topological polar surface area (TPSA) is 67.9 Å². The van der Waals surface area contributed by atoms with Crippen LogP contribution in [0.1, 0.15) is 29.5 Å². The van der Waals surface area contributed by atoms with Gasteiger partial charge in [0.05, 0.1) is 0 Å². The molecule has 1 N–H and O–H groups in total. The number of hydrogen-bond donors (Lipinski definition) is 1. The lowest BCUT2D eigenvalue weighted by Crippen LogP contribution is -2.48. The highest BCUT2D eigenvalue weighted by Crippen LogP contribution is 2.20. The van der Waals surface area contributed by atoms with Gasteiger partial charge in [0.2, 0.25) is 0 Å². The molecule has 30 heavy (non-hydrogen) atoms. The average molecular weight is 411 g/mol. The normalized spacial score (nSPS) is 14.3. The number of benzene rings is 2. The van der Waals surface area contributed by atoms with Gasteiger partial charge < -0.3 is 19.7 Å². The molecule has 6 heteroatoms. The lowest BCUT2D eigenvalue weighted by Gasteiger charge is -2.32. The molecule has 6 nitrogen and oxygen atoms in total. The Morgan fingerprint density at radius 1 is 0.967 bits per heavy atom. The van der Waals surface area contributed by atoms with Crippen molar-refractivity contribution in [3.8, 4) is 11.5 Å². The van der Waals surface area contributed by atoms with Gasteiger partial charge in [0.1, 0.15) is 11.5 Å². The fourth-order valence-corrected chi connectivity index (χ4v) is 3.44. The van der Waals surface area contributed by atoms with Crippen molar-refractivity contribution in [2.75, 3.05) is 26.3 Å². The Labute approximate surface area is 178 Å². The molecule has 2 amide bonds. The number of rotatable bonds is 7. The summed E-state index contributed by atoms with van der Waals surface area (Å²) in [5.74, 6) is 1.26. The number of aryl methyl sites for hydroxylation is 2. The first-order valence-corrected chi connectivity index (χ1v) is 10.4. The van der Waals surface area contributed by atoms with E-state index in [-0.39, 0.29) is 31.1 Å². The smallest absolute Gasteiger partial charge is 0.260 e. The highest BCUT2D eigenvalue weighted by atomic mass is 16.5. The second-order valence-electron chi connectivity index (χ2n) is 7.81. The first kappa shape index (κ1) is 21.7. The summed E-state index contributed by atoms with van der Waals surface area (Å²) in [6.45, 7) is 7.25. The summed E-state index contributed by atoms with van der Waals surface area (Å²) in [7, 11) is 0. The monoisotopic (exact) mass is 410 g/mol.